The van der Waals surface area contributed by atoms with Crippen LogP contribution in [0.15, 0.2) is 0 Å². The van der Waals surface area contributed by atoms with Crippen molar-refractivity contribution < 1.29 is 34.9 Å². The van der Waals surface area contributed by atoms with E-state index < -0.39 is 0 Å². The number of rotatable bonds is 0. The minimum atomic E-state index is 0.190. The first-order valence-corrected chi connectivity index (χ1v) is 19.5. The summed E-state index contributed by atoms with van der Waals surface area (Å²) in [5, 5.41) is 0. The van der Waals surface area contributed by atoms with Crippen molar-refractivity contribution >= 4 is 28.6 Å². The Balaban J connectivity index is 0.000000174. The normalized spacial score (nSPS) is 19.8. The topological polar surface area (TPSA) is 18.5 Å². The van der Waals surface area contributed by atoms with Crippen molar-refractivity contribution in [2.24, 2.45) is 0 Å². The second-order valence-electron chi connectivity index (χ2n) is 2.70. The Morgan fingerprint density at radius 2 is 0.923 bits per heavy atom. The van der Waals surface area contributed by atoms with Crippen molar-refractivity contribution in [3.63, 3.8) is 0 Å². The van der Waals surface area contributed by atoms with Crippen molar-refractivity contribution in [1.29, 1.82) is 0 Å². The number of hydrogen-bond donors (Lipinski definition) is 0. The summed E-state index contributed by atoms with van der Waals surface area (Å²) in [5.74, 6) is 0. The van der Waals surface area contributed by atoms with Gasteiger partial charge in [-0.3, -0.25) is 0 Å². The molecule has 2 aliphatic heterocycles. The van der Waals surface area contributed by atoms with Gasteiger partial charge in [0.05, 0.1) is 0 Å². The molecule has 2 rings (SSSR count). The van der Waals surface area contributed by atoms with Gasteiger partial charge in [-0.2, -0.15) is 0 Å². The molecule has 2 aliphatic rings. The van der Waals surface area contributed by atoms with Gasteiger partial charge in [-0.1, -0.05) is 0 Å². The first kappa shape index (κ1) is 15.7. The molecule has 2 nitrogen and oxygen atoms in total. The Bertz CT molecular complexity index is 63.0. The van der Waals surface area contributed by atoms with Crippen molar-refractivity contribution in [1.82, 2.24) is 0 Å². The van der Waals surface area contributed by atoms with Gasteiger partial charge in [0.2, 0.25) is 0 Å². The molecular formula is C8H16I2O2Sm. The zero-order chi connectivity index (χ0) is 9.78. The fourth-order valence-corrected chi connectivity index (χ4v) is 1.02. The van der Waals surface area contributed by atoms with E-state index >= 15 is 0 Å². The molecule has 0 aromatic rings. The predicted octanol–water partition coefficient (Wildman–Crippen LogP) is 3.37. The van der Waals surface area contributed by atoms with Gasteiger partial charge >= 0.3 is 54.0 Å². The molecule has 0 spiro atoms. The molecule has 0 saturated carbocycles. The van der Waals surface area contributed by atoms with Crippen molar-refractivity contribution in [2.75, 3.05) is 26.4 Å². The van der Waals surface area contributed by atoms with E-state index in [0.717, 1.165) is 26.4 Å². The average molecular weight is 548 g/mol. The van der Waals surface area contributed by atoms with E-state index in [4.69, 9.17) is 9.47 Å². The van der Waals surface area contributed by atoms with Crippen LogP contribution in [0.3, 0.4) is 0 Å². The summed E-state index contributed by atoms with van der Waals surface area (Å²) in [6.45, 7) is 4.00. The number of ether oxygens (including phenoxy) is 2. The quantitative estimate of drug-likeness (QED) is 0.433. The fraction of sp³-hybridized carbons (Fsp3) is 1.00. The molecule has 0 unspecified atom stereocenters. The molecule has 2 heterocycles. The minimum absolute atomic E-state index is 0.190. The first-order chi connectivity index (χ1) is 6.41. The Morgan fingerprint density at radius 3 is 1.00 bits per heavy atom. The van der Waals surface area contributed by atoms with Crippen LogP contribution in [-0.4, -0.2) is 26.4 Å². The molecule has 0 radical (unpaired) electrons. The second-order valence-corrected chi connectivity index (χ2v) is 22.1. The Hall–Kier alpha value is 2.72. The van der Waals surface area contributed by atoms with Crippen LogP contribution in [0, 0.1) is 25.5 Å². The summed E-state index contributed by atoms with van der Waals surface area (Å²) in [5.41, 5.74) is 0. The van der Waals surface area contributed by atoms with Crippen molar-refractivity contribution in [3.8, 4) is 0 Å². The van der Waals surface area contributed by atoms with Gasteiger partial charge in [0.1, 0.15) is 0 Å². The standard InChI is InChI=1S/2C4H8O.2HI.Sm/c2*1-2-4-5-3-1;;;/h2*1-4H2;2*1H;/q;;;;+2/p-2. The van der Waals surface area contributed by atoms with Gasteiger partial charge in [0.25, 0.3) is 0 Å². The zero-order valence-corrected chi connectivity index (χ0v) is 14.6. The van der Waals surface area contributed by atoms with Gasteiger partial charge in [-0.15, -0.1) is 0 Å². The van der Waals surface area contributed by atoms with E-state index in [1.165, 1.54) is 25.7 Å². The molecule has 2 fully saturated rings. The van der Waals surface area contributed by atoms with Crippen LogP contribution in [0.2, 0.25) is 0 Å². The van der Waals surface area contributed by atoms with Crippen LogP contribution in [0.5, 0.6) is 0 Å². The molecule has 0 aromatic carbocycles. The van der Waals surface area contributed by atoms with Gasteiger partial charge in [0, 0.05) is 26.4 Å². The molecular weight excluding hydrogens is 532 g/mol. The van der Waals surface area contributed by atoms with E-state index in [1.807, 2.05) is 0 Å². The zero-order valence-electron chi connectivity index (χ0n) is 7.64. The van der Waals surface area contributed by atoms with E-state index in [2.05, 4.69) is 28.6 Å². The molecule has 80 valence electrons. The molecule has 0 amide bonds. The van der Waals surface area contributed by atoms with Gasteiger partial charge in [0.15, 0.2) is 0 Å². The monoisotopic (exact) mass is 550 g/mol. The summed E-state index contributed by atoms with van der Waals surface area (Å²) in [6.07, 6.45) is 5.11. The first-order valence-electron chi connectivity index (χ1n) is 4.46. The molecule has 0 aromatic heterocycles. The maximum atomic E-state index is 4.94. The summed E-state index contributed by atoms with van der Waals surface area (Å²) in [6, 6.07) is 0. The van der Waals surface area contributed by atoms with E-state index in [9.17, 15) is 0 Å². The van der Waals surface area contributed by atoms with Crippen molar-refractivity contribution in [3.05, 3.63) is 0 Å². The molecule has 0 bridgehead atoms. The van der Waals surface area contributed by atoms with Crippen LogP contribution < -0.4 is 0 Å². The van der Waals surface area contributed by atoms with Gasteiger partial charge in [-0.05, 0) is 25.7 Å². The average Bonchev–Trinajstić information content (AvgIpc) is 2.85. The number of halogens is 2. The third-order valence-electron chi connectivity index (χ3n) is 1.65. The maximum absolute atomic E-state index is 4.94. The van der Waals surface area contributed by atoms with E-state index in [-0.39, 0.29) is 25.5 Å². The molecule has 5 heteroatoms. The summed E-state index contributed by atoms with van der Waals surface area (Å²) in [7, 11) is 0. The SMILES string of the molecule is C1CCOC1.C1CCOC1.[I][Sm][I]. The Labute approximate surface area is 113 Å². The summed E-state index contributed by atoms with van der Waals surface area (Å²) in [4.78, 5) is 0. The third-order valence-corrected chi connectivity index (χ3v) is 1.65. The molecule has 0 atom stereocenters. The van der Waals surface area contributed by atoms with E-state index in [1.54, 1.807) is 0 Å². The Morgan fingerprint density at radius 1 is 0.692 bits per heavy atom. The van der Waals surface area contributed by atoms with Gasteiger partial charge in [-0.25, -0.2) is 0 Å². The number of hydrogen-bond acceptors (Lipinski definition) is 2. The predicted molar refractivity (Wildman–Crippen MR) is 68.1 cm³/mol. The van der Waals surface area contributed by atoms with Crippen LogP contribution in [0.1, 0.15) is 25.7 Å². The molecule has 2 saturated heterocycles. The van der Waals surface area contributed by atoms with E-state index in [0.29, 0.717) is 0 Å². The van der Waals surface area contributed by atoms with Crippen LogP contribution in [0.4, 0.5) is 0 Å². The van der Waals surface area contributed by atoms with Crippen molar-refractivity contribution in [2.45, 2.75) is 25.7 Å². The van der Waals surface area contributed by atoms with Gasteiger partial charge < -0.3 is 9.47 Å². The Kier molecular flexibility index (Phi) is 17.8. The van der Waals surface area contributed by atoms with Crippen LogP contribution >= 0.6 is 28.6 Å². The summed E-state index contributed by atoms with van der Waals surface area (Å²) < 4.78 is 9.89. The molecule has 0 N–H and O–H groups in total. The molecule has 13 heavy (non-hydrogen) atoms. The second kappa shape index (κ2) is 14.7. The van der Waals surface area contributed by atoms with Crippen LogP contribution in [0.25, 0.3) is 0 Å². The van der Waals surface area contributed by atoms with Crippen LogP contribution in [-0.2, 0) is 9.47 Å². The third kappa shape index (κ3) is 14.7. The summed E-state index contributed by atoms with van der Waals surface area (Å²) >= 11 is 5.07. The fourth-order valence-electron chi connectivity index (χ4n) is 1.02. The molecule has 0 aliphatic carbocycles.